The molecule has 0 N–H and O–H groups in total. The summed E-state index contributed by atoms with van der Waals surface area (Å²) in [6.07, 6.45) is 2.42. The Kier molecular flexibility index (Phi) is 6.64. The standard InChI is InChI=1S/C10H24O2Si/c1-6-9-10(4)13(5,11-7-2)12-8-3/h10H,6-9H2,1-5H3. The Morgan fingerprint density at radius 2 is 1.54 bits per heavy atom. The normalized spacial score (nSPS) is 14.5. The quantitative estimate of drug-likeness (QED) is 0.592. The van der Waals surface area contributed by atoms with Gasteiger partial charge in [-0.3, -0.25) is 0 Å². The maximum Gasteiger partial charge on any atom is 0.337 e. The summed E-state index contributed by atoms with van der Waals surface area (Å²) in [5, 5.41) is 0. The Bertz CT molecular complexity index is 122. The summed E-state index contributed by atoms with van der Waals surface area (Å²) in [7, 11) is -1.87. The van der Waals surface area contributed by atoms with Crippen LogP contribution in [0.25, 0.3) is 0 Å². The van der Waals surface area contributed by atoms with Crippen LogP contribution in [-0.2, 0) is 8.85 Å². The predicted molar refractivity (Wildman–Crippen MR) is 59.2 cm³/mol. The minimum absolute atomic E-state index is 0.595. The molecule has 0 rings (SSSR count). The van der Waals surface area contributed by atoms with E-state index in [0.29, 0.717) is 5.54 Å². The first kappa shape index (κ1) is 13.1. The first-order chi connectivity index (χ1) is 6.10. The van der Waals surface area contributed by atoms with Crippen molar-refractivity contribution in [2.75, 3.05) is 13.2 Å². The molecule has 0 fully saturated rings. The van der Waals surface area contributed by atoms with Crippen molar-refractivity contribution in [2.24, 2.45) is 0 Å². The smallest absolute Gasteiger partial charge is 0.337 e. The van der Waals surface area contributed by atoms with Crippen LogP contribution in [0.2, 0.25) is 12.1 Å². The SMILES string of the molecule is CCCC(C)[Si](C)(OCC)OCC. The van der Waals surface area contributed by atoms with Gasteiger partial charge < -0.3 is 8.85 Å². The van der Waals surface area contributed by atoms with E-state index in [2.05, 4.69) is 20.4 Å². The largest absolute Gasteiger partial charge is 0.394 e. The Morgan fingerprint density at radius 1 is 1.08 bits per heavy atom. The van der Waals surface area contributed by atoms with Crippen molar-refractivity contribution in [3.05, 3.63) is 0 Å². The first-order valence-corrected chi connectivity index (χ1v) is 7.78. The molecule has 0 aromatic rings. The van der Waals surface area contributed by atoms with Crippen molar-refractivity contribution in [3.8, 4) is 0 Å². The molecule has 80 valence electrons. The number of rotatable bonds is 7. The van der Waals surface area contributed by atoms with Gasteiger partial charge in [-0.15, -0.1) is 0 Å². The molecule has 0 aliphatic carbocycles. The lowest BCUT2D eigenvalue weighted by molar-refractivity contribution is 0.178. The highest BCUT2D eigenvalue weighted by Crippen LogP contribution is 2.28. The molecule has 0 bridgehead atoms. The molecule has 0 saturated heterocycles. The maximum absolute atomic E-state index is 5.80. The van der Waals surface area contributed by atoms with Gasteiger partial charge in [-0.05, 0) is 32.4 Å². The van der Waals surface area contributed by atoms with Crippen LogP contribution in [0.1, 0.15) is 40.5 Å². The average molecular weight is 204 g/mol. The topological polar surface area (TPSA) is 18.5 Å². The molecule has 0 saturated carbocycles. The van der Waals surface area contributed by atoms with Crippen LogP contribution in [-0.4, -0.2) is 21.8 Å². The molecule has 0 amide bonds. The lowest BCUT2D eigenvalue weighted by Gasteiger charge is -2.31. The molecule has 1 atom stereocenters. The van der Waals surface area contributed by atoms with Crippen LogP contribution in [0.5, 0.6) is 0 Å². The van der Waals surface area contributed by atoms with Gasteiger partial charge in [0.1, 0.15) is 0 Å². The molecule has 0 aliphatic rings. The second-order valence-corrected chi connectivity index (χ2v) is 7.17. The van der Waals surface area contributed by atoms with E-state index in [-0.39, 0.29) is 0 Å². The van der Waals surface area contributed by atoms with E-state index in [9.17, 15) is 0 Å². The molecule has 0 aromatic carbocycles. The van der Waals surface area contributed by atoms with Crippen LogP contribution in [0, 0.1) is 0 Å². The van der Waals surface area contributed by atoms with Crippen molar-refractivity contribution >= 4 is 8.56 Å². The van der Waals surface area contributed by atoms with Crippen molar-refractivity contribution in [3.63, 3.8) is 0 Å². The number of hydrogen-bond acceptors (Lipinski definition) is 2. The average Bonchev–Trinajstić information content (AvgIpc) is 2.05. The van der Waals surface area contributed by atoms with E-state index >= 15 is 0 Å². The van der Waals surface area contributed by atoms with Crippen LogP contribution < -0.4 is 0 Å². The summed E-state index contributed by atoms with van der Waals surface area (Å²) >= 11 is 0. The molecule has 0 spiro atoms. The van der Waals surface area contributed by atoms with Crippen molar-refractivity contribution in [2.45, 2.75) is 52.6 Å². The highest BCUT2D eigenvalue weighted by Gasteiger charge is 2.36. The van der Waals surface area contributed by atoms with Gasteiger partial charge >= 0.3 is 8.56 Å². The lowest BCUT2D eigenvalue weighted by atomic mass is 10.3. The molecular weight excluding hydrogens is 180 g/mol. The molecular formula is C10H24O2Si. The van der Waals surface area contributed by atoms with E-state index in [4.69, 9.17) is 8.85 Å². The van der Waals surface area contributed by atoms with E-state index in [1.807, 2.05) is 13.8 Å². The first-order valence-electron chi connectivity index (χ1n) is 5.38. The third-order valence-corrected chi connectivity index (χ3v) is 6.28. The third-order valence-electron chi connectivity index (χ3n) is 2.48. The fourth-order valence-corrected chi connectivity index (χ4v) is 4.21. The van der Waals surface area contributed by atoms with Crippen LogP contribution in [0.3, 0.4) is 0 Å². The summed E-state index contributed by atoms with van der Waals surface area (Å²) in [6, 6.07) is 0. The van der Waals surface area contributed by atoms with Crippen LogP contribution in [0.4, 0.5) is 0 Å². The monoisotopic (exact) mass is 204 g/mol. The minimum Gasteiger partial charge on any atom is -0.394 e. The maximum atomic E-state index is 5.80. The lowest BCUT2D eigenvalue weighted by Crippen LogP contribution is -2.42. The van der Waals surface area contributed by atoms with Crippen LogP contribution in [0.15, 0.2) is 0 Å². The molecule has 0 radical (unpaired) electrons. The van der Waals surface area contributed by atoms with Crippen molar-refractivity contribution in [1.29, 1.82) is 0 Å². The summed E-state index contributed by atoms with van der Waals surface area (Å²) < 4.78 is 11.6. The molecule has 2 nitrogen and oxygen atoms in total. The van der Waals surface area contributed by atoms with Gasteiger partial charge in [0.05, 0.1) is 0 Å². The van der Waals surface area contributed by atoms with Crippen LogP contribution >= 0.6 is 0 Å². The molecule has 13 heavy (non-hydrogen) atoms. The van der Waals surface area contributed by atoms with E-state index < -0.39 is 8.56 Å². The van der Waals surface area contributed by atoms with Crippen molar-refractivity contribution < 1.29 is 8.85 Å². The molecule has 3 heteroatoms. The van der Waals surface area contributed by atoms with Gasteiger partial charge in [-0.1, -0.05) is 20.3 Å². The summed E-state index contributed by atoms with van der Waals surface area (Å²) in [6.45, 7) is 12.3. The highest BCUT2D eigenvalue weighted by molar-refractivity contribution is 6.67. The zero-order valence-electron chi connectivity index (χ0n) is 9.72. The fraction of sp³-hybridized carbons (Fsp3) is 1.00. The second kappa shape index (κ2) is 6.57. The van der Waals surface area contributed by atoms with Gasteiger partial charge in [0.2, 0.25) is 0 Å². The Labute approximate surface area is 83.9 Å². The van der Waals surface area contributed by atoms with E-state index in [1.54, 1.807) is 0 Å². The van der Waals surface area contributed by atoms with Gasteiger partial charge in [0.25, 0.3) is 0 Å². The summed E-state index contributed by atoms with van der Waals surface area (Å²) in [5.74, 6) is 0. The fourth-order valence-electron chi connectivity index (χ4n) is 1.59. The van der Waals surface area contributed by atoms with E-state index in [0.717, 1.165) is 13.2 Å². The van der Waals surface area contributed by atoms with Crippen molar-refractivity contribution in [1.82, 2.24) is 0 Å². The predicted octanol–water partition coefficient (Wildman–Crippen LogP) is 3.32. The Hall–Kier alpha value is 0.137. The summed E-state index contributed by atoms with van der Waals surface area (Å²) in [4.78, 5) is 0. The Balaban J connectivity index is 4.18. The number of hydrogen-bond donors (Lipinski definition) is 0. The van der Waals surface area contributed by atoms with Gasteiger partial charge in [0.15, 0.2) is 0 Å². The highest BCUT2D eigenvalue weighted by atomic mass is 28.4. The molecule has 0 aliphatic heterocycles. The van der Waals surface area contributed by atoms with Gasteiger partial charge in [0, 0.05) is 13.2 Å². The second-order valence-electron chi connectivity index (χ2n) is 3.57. The zero-order valence-corrected chi connectivity index (χ0v) is 10.7. The molecule has 0 heterocycles. The van der Waals surface area contributed by atoms with E-state index in [1.165, 1.54) is 12.8 Å². The van der Waals surface area contributed by atoms with Gasteiger partial charge in [-0.25, -0.2) is 0 Å². The summed E-state index contributed by atoms with van der Waals surface area (Å²) in [5.41, 5.74) is 0.595. The minimum atomic E-state index is -1.87. The molecule has 1 unspecified atom stereocenters. The molecule has 0 aromatic heterocycles. The zero-order chi connectivity index (χ0) is 10.3. The Morgan fingerprint density at radius 3 is 1.85 bits per heavy atom. The van der Waals surface area contributed by atoms with Gasteiger partial charge in [-0.2, -0.15) is 0 Å². The third kappa shape index (κ3) is 4.25.